The summed E-state index contributed by atoms with van der Waals surface area (Å²) < 4.78 is 0. The van der Waals surface area contributed by atoms with Crippen molar-refractivity contribution < 1.29 is 0 Å². The third kappa shape index (κ3) is 7.50. The minimum atomic E-state index is -0.139. The summed E-state index contributed by atoms with van der Waals surface area (Å²) in [5.41, 5.74) is 6.54. The molecule has 1 aromatic carbocycles. The standard InChI is InChI=1S/C7H9N.C3H10Si/c8-6-7-4-2-1-3-5-7;1-4(2)3/h1-5H,6,8H2;4H,1-3H3. The first kappa shape index (κ1) is 11.4. The van der Waals surface area contributed by atoms with E-state index in [-0.39, 0.29) is 8.80 Å². The largest absolute Gasteiger partial charge is 0.326 e. The van der Waals surface area contributed by atoms with E-state index in [9.17, 15) is 0 Å². The molecule has 1 aromatic rings. The molecule has 0 amide bonds. The molecule has 0 heterocycles. The number of nitrogens with two attached hydrogens (primary N) is 1. The van der Waals surface area contributed by atoms with Crippen molar-refractivity contribution in [1.82, 2.24) is 0 Å². The molecule has 0 fully saturated rings. The molecule has 2 heteroatoms. The van der Waals surface area contributed by atoms with Crippen LogP contribution in [-0.4, -0.2) is 8.80 Å². The van der Waals surface area contributed by atoms with Crippen LogP contribution in [0.2, 0.25) is 19.6 Å². The Morgan fingerprint density at radius 3 is 1.75 bits per heavy atom. The van der Waals surface area contributed by atoms with E-state index in [0.717, 1.165) is 0 Å². The molecule has 0 bridgehead atoms. The molecular formula is C10H19NSi. The maximum absolute atomic E-state index is 5.35. The van der Waals surface area contributed by atoms with Gasteiger partial charge in [0.05, 0.1) is 0 Å². The number of hydrogen-bond acceptors (Lipinski definition) is 1. The van der Waals surface area contributed by atoms with Crippen LogP contribution in [0.4, 0.5) is 0 Å². The molecule has 0 aliphatic carbocycles. The first-order valence-corrected chi connectivity index (χ1v) is 7.87. The summed E-state index contributed by atoms with van der Waals surface area (Å²) in [6.07, 6.45) is 0. The van der Waals surface area contributed by atoms with Gasteiger partial charge in [0, 0.05) is 15.3 Å². The summed E-state index contributed by atoms with van der Waals surface area (Å²) in [4.78, 5) is 0. The van der Waals surface area contributed by atoms with Gasteiger partial charge in [0.2, 0.25) is 0 Å². The first-order chi connectivity index (χ1) is 5.66. The molecule has 68 valence electrons. The molecule has 0 saturated heterocycles. The highest BCUT2D eigenvalue weighted by atomic mass is 28.3. The second kappa shape index (κ2) is 7.07. The predicted octanol–water partition coefficient (Wildman–Crippen LogP) is 2.25. The zero-order valence-corrected chi connectivity index (χ0v) is 9.40. The lowest BCUT2D eigenvalue weighted by Gasteiger charge is -1.90. The van der Waals surface area contributed by atoms with Crippen molar-refractivity contribution >= 4 is 8.80 Å². The van der Waals surface area contributed by atoms with E-state index in [1.165, 1.54) is 5.56 Å². The van der Waals surface area contributed by atoms with Gasteiger partial charge in [0.25, 0.3) is 0 Å². The van der Waals surface area contributed by atoms with E-state index in [4.69, 9.17) is 5.73 Å². The van der Waals surface area contributed by atoms with Crippen LogP contribution in [0.1, 0.15) is 5.56 Å². The fraction of sp³-hybridized carbons (Fsp3) is 0.400. The van der Waals surface area contributed by atoms with Crippen molar-refractivity contribution in [2.24, 2.45) is 5.73 Å². The van der Waals surface area contributed by atoms with E-state index < -0.39 is 0 Å². The smallest absolute Gasteiger partial charge is 0.0274 e. The van der Waals surface area contributed by atoms with Crippen LogP contribution in [0.5, 0.6) is 0 Å². The third-order valence-corrected chi connectivity index (χ3v) is 1.08. The second-order valence-electron chi connectivity index (χ2n) is 3.42. The minimum absolute atomic E-state index is 0.139. The van der Waals surface area contributed by atoms with Crippen LogP contribution in [0.3, 0.4) is 0 Å². The van der Waals surface area contributed by atoms with Gasteiger partial charge < -0.3 is 5.73 Å². The van der Waals surface area contributed by atoms with E-state index in [0.29, 0.717) is 6.54 Å². The fourth-order valence-corrected chi connectivity index (χ4v) is 0.614. The van der Waals surface area contributed by atoms with Gasteiger partial charge >= 0.3 is 0 Å². The Morgan fingerprint density at radius 2 is 1.50 bits per heavy atom. The highest BCUT2D eigenvalue weighted by molar-refractivity contribution is 6.54. The molecule has 2 N–H and O–H groups in total. The Balaban J connectivity index is 0.000000261. The maximum Gasteiger partial charge on any atom is 0.0274 e. The van der Waals surface area contributed by atoms with Crippen LogP contribution in [0.15, 0.2) is 30.3 Å². The van der Waals surface area contributed by atoms with E-state index in [2.05, 4.69) is 19.6 Å². The van der Waals surface area contributed by atoms with Gasteiger partial charge in [-0.15, -0.1) is 0 Å². The maximum atomic E-state index is 5.35. The summed E-state index contributed by atoms with van der Waals surface area (Å²) in [7, 11) is -0.139. The fourth-order valence-electron chi connectivity index (χ4n) is 0.614. The van der Waals surface area contributed by atoms with Crippen LogP contribution < -0.4 is 5.73 Å². The van der Waals surface area contributed by atoms with Crippen LogP contribution in [0, 0.1) is 0 Å². The molecule has 0 aliphatic rings. The summed E-state index contributed by atoms with van der Waals surface area (Å²) in [6.45, 7) is 7.56. The molecule has 0 unspecified atom stereocenters. The molecule has 0 aromatic heterocycles. The van der Waals surface area contributed by atoms with Crippen molar-refractivity contribution in [1.29, 1.82) is 0 Å². The van der Waals surface area contributed by atoms with Crippen molar-refractivity contribution in [3.63, 3.8) is 0 Å². The summed E-state index contributed by atoms with van der Waals surface area (Å²) >= 11 is 0. The van der Waals surface area contributed by atoms with Gasteiger partial charge in [-0.3, -0.25) is 0 Å². The van der Waals surface area contributed by atoms with E-state index in [1.807, 2.05) is 30.3 Å². The van der Waals surface area contributed by atoms with Gasteiger partial charge in [0.15, 0.2) is 0 Å². The summed E-state index contributed by atoms with van der Waals surface area (Å²) in [6, 6.07) is 9.99. The third-order valence-electron chi connectivity index (χ3n) is 1.08. The van der Waals surface area contributed by atoms with Gasteiger partial charge in [-0.2, -0.15) is 0 Å². The lowest BCUT2D eigenvalue weighted by Crippen LogP contribution is -1.94. The highest BCUT2D eigenvalue weighted by Gasteiger charge is 1.80. The monoisotopic (exact) mass is 181 g/mol. The second-order valence-corrected chi connectivity index (χ2v) is 6.89. The Bertz CT molecular complexity index is 182. The van der Waals surface area contributed by atoms with Crippen molar-refractivity contribution in [2.45, 2.75) is 26.2 Å². The normalized spacial score (nSPS) is 9.08. The van der Waals surface area contributed by atoms with Crippen LogP contribution in [-0.2, 0) is 6.54 Å². The number of hydrogen-bond donors (Lipinski definition) is 1. The highest BCUT2D eigenvalue weighted by Crippen LogP contribution is 1.94. The van der Waals surface area contributed by atoms with E-state index in [1.54, 1.807) is 0 Å². The lowest BCUT2D eigenvalue weighted by molar-refractivity contribution is 1.07. The molecule has 1 nitrogen and oxygen atoms in total. The zero-order valence-electron chi connectivity index (χ0n) is 8.25. The van der Waals surface area contributed by atoms with Crippen LogP contribution >= 0.6 is 0 Å². The molecule has 0 aliphatic heterocycles. The Morgan fingerprint density at radius 1 is 1.08 bits per heavy atom. The molecule has 0 radical (unpaired) electrons. The van der Waals surface area contributed by atoms with Crippen molar-refractivity contribution in [3.05, 3.63) is 35.9 Å². The average molecular weight is 181 g/mol. The zero-order chi connectivity index (χ0) is 9.40. The average Bonchev–Trinajstić information content (AvgIpc) is 2.05. The SMILES string of the molecule is C[SiH](C)C.NCc1ccccc1. The Kier molecular flexibility index (Phi) is 6.71. The topological polar surface area (TPSA) is 26.0 Å². The molecular weight excluding hydrogens is 162 g/mol. The number of benzene rings is 1. The Labute approximate surface area is 77.2 Å². The minimum Gasteiger partial charge on any atom is -0.326 e. The Hall–Kier alpha value is -0.603. The molecule has 0 atom stereocenters. The quantitative estimate of drug-likeness (QED) is 0.661. The molecule has 0 saturated carbocycles. The summed E-state index contributed by atoms with van der Waals surface area (Å²) in [5, 5.41) is 0. The molecule has 12 heavy (non-hydrogen) atoms. The summed E-state index contributed by atoms with van der Waals surface area (Å²) in [5.74, 6) is 0. The van der Waals surface area contributed by atoms with Crippen molar-refractivity contribution in [2.75, 3.05) is 0 Å². The van der Waals surface area contributed by atoms with Crippen LogP contribution in [0.25, 0.3) is 0 Å². The predicted molar refractivity (Wildman–Crippen MR) is 59.1 cm³/mol. The van der Waals surface area contributed by atoms with Gasteiger partial charge in [0.1, 0.15) is 0 Å². The molecule has 1 rings (SSSR count). The van der Waals surface area contributed by atoms with E-state index >= 15 is 0 Å². The first-order valence-electron chi connectivity index (χ1n) is 4.40. The molecule has 0 spiro atoms. The van der Waals surface area contributed by atoms with Gasteiger partial charge in [-0.05, 0) is 5.56 Å². The number of rotatable bonds is 1. The lowest BCUT2D eigenvalue weighted by atomic mass is 10.2. The van der Waals surface area contributed by atoms with Gasteiger partial charge in [-0.25, -0.2) is 0 Å². The van der Waals surface area contributed by atoms with Crippen molar-refractivity contribution in [3.8, 4) is 0 Å². The van der Waals surface area contributed by atoms with Gasteiger partial charge in [-0.1, -0.05) is 50.0 Å².